The van der Waals surface area contributed by atoms with Gasteiger partial charge in [0.15, 0.2) is 0 Å². The number of fused-ring (bicyclic) bond motifs is 1. The average Bonchev–Trinajstić information content (AvgIpc) is 2.79. The van der Waals surface area contributed by atoms with E-state index < -0.39 is 0 Å². The summed E-state index contributed by atoms with van der Waals surface area (Å²) in [6.45, 7) is 1.80. The highest BCUT2D eigenvalue weighted by Gasteiger charge is 2.14. The van der Waals surface area contributed by atoms with Crippen LogP contribution in [0.25, 0.3) is 5.65 Å². The van der Waals surface area contributed by atoms with Crippen LogP contribution >= 0.6 is 11.6 Å². The van der Waals surface area contributed by atoms with E-state index in [1.54, 1.807) is 10.5 Å². The van der Waals surface area contributed by atoms with Crippen LogP contribution in [-0.4, -0.2) is 14.5 Å². The van der Waals surface area contributed by atoms with Gasteiger partial charge in [-0.1, -0.05) is 23.7 Å². The van der Waals surface area contributed by atoms with Crippen molar-refractivity contribution in [1.82, 2.24) is 9.38 Å². The zero-order valence-corrected chi connectivity index (χ0v) is 11.6. The molecule has 102 valence electrons. The van der Waals surface area contributed by atoms with Gasteiger partial charge in [0.05, 0.1) is 11.6 Å². The highest BCUT2D eigenvalue weighted by molar-refractivity contribution is 6.32. The van der Waals surface area contributed by atoms with Gasteiger partial charge >= 0.3 is 0 Å². The summed E-state index contributed by atoms with van der Waals surface area (Å²) in [5.74, 6) is 0.889. The lowest BCUT2D eigenvalue weighted by Gasteiger charge is -2.07. The van der Waals surface area contributed by atoms with E-state index in [-0.39, 0.29) is 6.61 Å². The van der Waals surface area contributed by atoms with Crippen molar-refractivity contribution in [3.05, 3.63) is 58.9 Å². The molecule has 5 heteroatoms. The largest absolute Gasteiger partial charge is 0.436 e. The summed E-state index contributed by atoms with van der Waals surface area (Å²) in [6, 6.07) is 11.1. The minimum absolute atomic E-state index is 0.163. The fourth-order valence-electron chi connectivity index (χ4n) is 2.04. The van der Waals surface area contributed by atoms with Gasteiger partial charge in [0.2, 0.25) is 5.88 Å². The summed E-state index contributed by atoms with van der Waals surface area (Å²) in [7, 11) is 0. The predicted octanol–water partition coefficient (Wildman–Crippen LogP) is 3.58. The molecule has 0 spiro atoms. The lowest BCUT2D eigenvalue weighted by molar-refractivity contribution is 0.269. The van der Waals surface area contributed by atoms with Gasteiger partial charge < -0.3 is 9.84 Å². The number of nitrogens with zero attached hydrogens (tertiary/aromatic N) is 2. The summed E-state index contributed by atoms with van der Waals surface area (Å²) >= 11 is 6.15. The van der Waals surface area contributed by atoms with Crippen molar-refractivity contribution >= 4 is 17.2 Å². The second-order valence-electron chi connectivity index (χ2n) is 4.49. The highest BCUT2D eigenvalue weighted by atomic mass is 35.5. The minimum Gasteiger partial charge on any atom is -0.436 e. The van der Waals surface area contributed by atoms with Gasteiger partial charge in [-0.15, -0.1) is 0 Å². The number of ether oxygens (including phenoxy) is 1. The first-order chi connectivity index (χ1) is 9.69. The number of hydrogen-bond donors (Lipinski definition) is 1. The molecule has 20 heavy (non-hydrogen) atoms. The fourth-order valence-corrected chi connectivity index (χ4v) is 2.32. The van der Waals surface area contributed by atoms with Crippen molar-refractivity contribution in [3.8, 4) is 11.6 Å². The molecule has 0 radical (unpaired) electrons. The van der Waals surface area contributed by atoms with Crippen LogP contribution in [0.15, 0.2) is 42.6 Å². The standard InChI is InChI=1S/C15H13ClN2O2/c1-10-5-6-13(11(16)8-10)20-15-12(9-19)18-7-3-2-4-14(18)17-15/h2-8,19H,9H2,1H3. The molecule has 2 aromatic heterocycles. The van der Waals surface area contributed by atoms with Crippen molar-refractivity contribution < 1.29 is 9.84 Å². The van der Waals surface area contributed by atoms with Gasteiger partial charge in [-0.2, -0.15) is 4.98 Å². The Labute approximate surface area is 121 Å². The van der Waals surface area contributed by atoms with Gasteiger partial charge in [0.25, 0.3) is 0 Å². The molecule has 0 unspecified atom stereocenters. The topological polar surface area (TPSA) is 46.8 Å². The molecule has 0 saturated heterocycles. The van der Waals surface area contributed by atoms with Gasteiger partial charge in [-0.25, -0.2) is 0 Å². The maximum Gasteiger partial charge on any atom is 0.243 e. The quantitative estimate of drug-likeness (QED) is 0.801. The predicted molar refractivity (Wildman–Crippen MR) is 77.4 cm³/mol. The Balaban J connectivity index is 2.06. The maximum absolute atomic E-state index is 9.52. The lowest BCUT2D eigenvalue weighted by Crippen LogP contribution is -1.95. The van der Waals surface area contributed by atoms with E-state index in [4.69, 9.17) is 16.3 Å². The summed E-state index contributed by atoms with van der Waals surface area (Å²) in [6.07, 6.45) is 1.83. The smallest absolute Gasteiger partial charge is 0.243 e. The SMILES string of the molecule is Cc1ccc(Oc2nc3ccccn3c2CO)c(Cl)c1. The van der Waals surface area contributed by atoms with E-state index in [1.807, 2.05) is 43.5 Å². The maximum atomic E-state index is 9.52. The molecule has 2 heterocycles. The molecule has 0 saturated carbocycles. The molecule has 0 aliphatic carbocycles. The van der Waals surface area contributed by atoms with Crippen molar-refractivity contribution in [2.75, 3.05) is 0 Å². The van der Waals surface area contributed by atoms with Gasteiger partial charge in [0.1, 0.15) is 17.1 Å². The highest BCUT2D eigenvalue weighted by Crippen LogP contribution is 2.31. The van der Waals surface area contributed by atoms with Crippen LogP contribution in [-0.2, 0) is 6.61 Å². The number of halogens is 1. The zero-order valence-electron chi connectivity index (χ0n) is 10.9. The Hall–Kier alpha value is -2.04. The average molecular weight is 289 g/mol. The third-order valence-corrected chi connectivity index (χ3v) is 3.33. The van der Waals surface area contributed by atoms with E-state index >= 15 is 0 Å². The van der Waals surface area contributed by atoms with Crippen LogP contribution in [0.1, 0.15) is 11.3 Å². The molecule has 0 bridgehead atoms. The molecule has 0 aliphatic heterocycles. The minimum atomic E-state index is -0.163. The van der Waals surface area contributed by atoms with E-state index in [2.05, 4.69) is 4.98 Å². The number of hydrogen-bond acceptors (Lipinski definition) is 3. The molecule has 4 nitrogen and oxygen atoms in total. The van der Waals surface area contributed by atoms with Crippen molar-refractivity contribution in [1.29, 1.82) is 0 Å². The van der Waals surface area contributed by atoms with Crippen LogP contribution in [0.5, 0.6) is 11.6 Å². The van der Waals surface area contributed by atoms with Crippen LogP contribution in [0.4, 0.5) is 0 Å². The number of imidazole rings is 1. The van der Waals surface area contributed by atoms with Gasteiger partial charge in [-0.3, -0.25) is 4.40 Å². The number of aryl methyl sites for hydroxylation is 1. The Morgan fingerprint density at radius 2 is 2.15 bits per heavy atom. The summed E-state index contributed by atoms with van der Waals surface area (Å²) in [5.41, 5.74) is 2.37. The Bertz CT molecular complexity index is 768. The van der Waals surface area contributed by atoms with Crippen molar-refractivity contribution in [2.24, 2.45) is 0 Å². The molecule has 0 fully saturated rings. The molecule has 0 aliphatic rings. The monoisotopic (exact) mass is 288 g/mol. The third-order valence-electron chi connectivity index (χ3n) is 3.04. The Morgan fingerprint density at radius 3 is 2.90 bits per heavy atom. The van der Waals surface area contributed by atoms with Crippen LogP contribution in [0, 0.1) is 6.92 Å². The number of aliphatic hydroxyl groups excluding tert-OH is 1. The molecule has 0 amide bonds. The molecule has 1 aromatic carbocycles. The van der Waals surface area contributed by atoms with Crippen LogP contribution in [0.3, 0.4) is 0 Å². The Morgan fingerprint density at radius 1 is 1.30 bits per heavy atom. The number of aromatic nitrogens is 2. The zero-order chi connectivity index (χ0) is 14.1. The first-order valence-corrected chi connectivity index (χ1v) is 6.57. The van der Waals surface area contributed by atoms with E-state index in [9.17, 15) is 5.11 Å². The summed E-state index contributed by atoms with van der Waals surface area (Å²) < 4.78 is 7.54. The molecule has 3 rings (SSSR count). The number of benzene rings is 1. The number of rotatable bonds is 3. The first-order valence-electron chi connectivity index (χ1n) is 6.20. The number of aliphatic hydroxyl groups is 1. The second kappa shape index (κ2) is 5.15. The van der Waals surface area contributed by atoms with Crippen LogP contribution < -0.4 is 4.74 Å². The van der Waals surface area contributed by atoms with E-state index in [1.165, 1.54) is 0 Å². The molecule has 3 aromatic rings. The first kappa shape index (κ1) is 13.0. The Kier molecular flexibility index (Phi) is 3.34. The lowest BCUT2D eigenvalue weighted by atomic mass is 10.2. The van der Waals surface area contributed by atoms with E-state index in [0.29, 0.717) is 22.3 Å². The molecule has 1 N–H and O–H groups in total. The number of pyridine rings is 1. The van der Waals surface area contributed by atoms with Crippen molar-refractivity contribution in [3.63, 3.8) is 0 Å². The molecule has 0 atom stereocenters. The fraction of sp³-hybridized carbons (Fsp3) is 0.133. The van der Waals surface area contributed by atoms with Crippen molar-refractivity contribution in [2.45, 2.75) is 13.5 Å². The molecular formula is C15H13ClN2O2. The van der Waals surface area contributed by atoms with E-state index in [0.717, 1.165) is 11.2 Å². The summed E-state index contributed by atoms with van der Waals surface area (Å²) in [5, 5.41) is 10.0. The van der Waals surface area contributed by atoms with Gasteiger partial charge in [0, 0.05) is 6.20 Å². The summed E-state index contributed by atoms with van der Waals surface area (Å²) in [4.78, 5) is 4.36. The normalized spacial score (nSPS) is 10.9. The molecular weight excluding hydrogens is 276 g/mol. The van der Waals surface area contributed by atoms with Gasteiger partial charge in [-0.05, 0) is 36.8 Å². The second-order valence-corrected chi connectivity index (χ2v) is 4.89. The van der Waals surface area contributed by atoms with Crippen LogP contribution in [0.2, 0.25) is 5.02 Å². The third kappa shape index (κ3) is 2.24.